The Bertz CT molecular complexity index is 991. The first kappa shape index (κ1) is 18.2. The Balaban J connectivity index is 1.51. The summed E-state index contributed by atoms with van der Waals surface area (Å²) in [7, 11) is 0. The molecule has 5 nitrogen and oxygen atoms in total. The molecule has 0 saturated heterocycles. The maximum atomic E-state index is 10.9. The average molecular weight is 372 g/mol. The van der Waals surface area contributed by atoms with Crippen LogP contribution in [0.15, 0.2) is 66.9 Å². The SMILES string of the molecule is CC1(C=C=O)CCCC1Nc1cccc(-c2cn(Cc3ccccc3)nn2)c1. The van der Waals surface area contributed by atoms with Gasteiger partial charge in [0.15, 0.2) is 0 Å². The summed E-state index contributed by atoms with van der Waals surface area (Å²) in [5.41, 5.74) is 3.96. The van der Waals surface area contributed by atoms with Gasteiger partial charge in [0.1, 0.15) is 11.6 Å². The van der Waals surface area contributed by atoms with Gasteiger partial charge in [0, 0.05) is 28.8 Å². The number of hydrogen-bond acceptors (Lipinski definition) is 4. The lowest BCUT2D eigenvalue weighted by atomic mass is 9.85. The molecule has 4 rings (SSSR count). The molecular weight excluding hydrogens is 348 g/mol. The van der Waals surface area contributed by atoms with Gasteiger partial charge >= 0.3 is 0 Å². The van der Waals surface area contributed by atoms with E-state index in [-0.39, 0.29) is 11.5 Å². The fourth-order valence-electron chi connectivity index (χ4n) is 3.98. The second kappa shape index (κ2) is 7.83. The number of carbonyl (C=O) groups excluding carboxylic acids is 1. The van der Waals surface area contributed by atoms with Gasteiger partial charge in [0.2, 0.25) is 0 Å². The number of anilines is 1. The summed E-state index contributed by atoms with van der Waals surface area (Å²) in [5.74, 6) is 1.99. The maximum absolute atomic E-state index is 10.9. The van der Waals surface area contributed by atoms with Crippen LogP contribution >= 0.6 is 0 Å². The van der Waals surface area contributed by atoms with E-state index < -0.39 is 0 Å². The molecule has 0 radical (unpaired) electrons. The minimum absolute atomic E-state index is 0.142. The van der Waals surface area contributed by atoms with Gasteiger partial charge in [-0.15, -0.1) is 5.10 Å². The van der Waals surface area contributed by atoms with Gasteiger partial charge in [-0.2, -0.15) is 0 Å². The molecule has 2 atom stereocenters. The molecule has 1 aliphatic rings. The highest BCUT2D eigenvalue weighted by atomic mass is 16.1. The van der Waals surface area contributed by atoms with Crippen molar-refractivity contribution in [3.63, 3.8) is 0 Å². The van der Waals surface area contributed by atoms with Crippen LogP contribution in [0.4, 0.5) is 5.69 Å². The first-order valence-corrected chi connectivity index (χ1v) is 9.69. The fourth-order valence-corrected chi connectivity index (χ4v) is 3.98. The van der Waals surface area contributed by atoms with E-state index in [1.807, 2.05) is 47.2 Å². The molecule has 0 aliphatic heterocycles. The second-order valence-electron chi connectivity index (χ2n) is 7.72. The molecule has 2 aromatic carbocycles. The molecule has 0 spiro atoms. The molecule has 1 aromatic heterocycles. The molecular formula is C23H24N4O. The van der Waals surface area contributed by atoms with Crippen LogP contribution in [0, 0.1) is 5.41 Å². The third-order valence-corrected chi connectivity index (χ3v) is 5.62. The van der Waals surface area contributed by atoms with E-state index in [9.17, 15) is 4.79 Å². The van der Waals surface area contributed by atoms with Gasteiger partial charge in [-0.3, -0.25) is 0 Å². The first-order chi connectivity index (χ1) is 13.7. The highest BCUT2D eigenvalue weighted by Gasteiger charge is 2.37. The van der Waals surface area contributed by atoms with Crippen LogP contribution in [0.3, 0.4) is 0 Å². The Morgan fingerprint density at radius 3 is 2.93 bits per heavy atom. The van der Waals surface area contributed by atoms with E-state index in [2.05, 4.69) is 46.8 Å². The Kier molecular flexibility index (Phi) is 5.09. The molecule has 0 amide bonds. The predicted octanol–water partition coefficient (Wildman–Crippen LogP) is 4.35. The second-order valence-corrected chi connectivity index (χ2v) is 7.72. The number of nitrogens with one attached hydrogen (secondary N) is 1. The zero-order chi connectivity index (χ0) is 19.4. The molecule has 142 valence electrons. The van der Waals surface area contributed by atoms with Crippen LogP contribution < -0.4 is 5.32 Å². The quantitative estimate of drug-likeness (QED) is 0.654. The Hall–Kier alpha value is -3.17. The molecule has 1 fully saturated rings. The molecule has 2 unspecified atom stereocenters. The summed E-state index contributed by atoms with van der Waals surface area (Å²) in [6.45, 7) is 2.83. The average Bonchev–Trinajstić information content (AvgIpc) is 3.31. The molecule has 3 aromatic rings. The van der Waals surface area contributed by atoms with E-state index in [1.54, 1.807) is 6.08 Å². The summed E-state index contributed by atoms with van der Waals surface area (Å²) < 4.78 is 1.85. The van der Waals surface area contributed by atoms with Crippen molar-refractivity contribution >= 4 is 11.6 Å². The lowest BCUT2D eigenvalue weighted by Crippen LogP contribution is -2.32. The number of rotatable bonds is 6. The summed E-state index contributed by atoms with van der Waals surface area (Å²) >= 11 is 0. The molecule has 1 aliphatic carbocycles. The minimum Gasteiger partial charge on any atom is -0.381 e. The van der Waals surface area contributed by atoms with Crippen molar-refractivity contribution in [2.24, 2.45) is 5.41 Å². The van der Waals surface area contributed by atoms with Gasteiger partial charge in [-0.25, -0.2) is 9.48 Å². The Morgan fingerprint density at radius 2 is 2.11 bits per heavy atom. The van der Waals surface area contributed by atoms with Crippen molar-refractivity contribution in [2.45, 2.75) is 38.8 Å². The fraction of sp³-hybridized carbons (Fsp3) is 0.304. The lowest BCUT2D eigenvalue weighted by molar-refractivity contribution is 0.408. The van der Waals surface area contributed by atoms with E-state index in [0.717, 1.165) is 36.2 Å². The monoisotopic (exact) mass is 372 g/mol. The van der Waals surface area contributed by atoms with Gasteiger partial charge in [-0.1, -0.05) is 61.0 Å². The van der Waals surface area contributed by atoms with Crippen molar-refractivity contribution in [2.75, 3.05) is 5.32 Å². The molecule has 1 heterocycles. The van der Waals surface area contributed by atoms with E-state index in [4.69, 9.17) is 0 Å². The zero-order valence-corrected chi connectivity index (χ0v) is 16.0. The number of aromatic nitrogens is 3. The highest BCUT2D eigenvalue weighted by molar-refractivity contribution is 5.64. The summed E-state index contributed by atoms with van der Waals surface area (Å²) in [4.78, 5) is 10.9. The van der Waals surface area contributed by atoms with E-state index in [0.29, 0.717) is 6.54 Å². The van der Waals surface area contributed by atoms with Crippen molar-refractivity contribution in [1.29, 1.82) is 0 Å². The van der Waals surface area contributed by atoms with Crippen molar-refractivity contribution < 1.29 is 4.79 Å². The topological polar surface area (TPSA) is 59.8 Å². The van der Waals surface area contributed by atoms with E-state index in [1.165, 1.54) is 5.56 Å². The van der Waals surface area contributed by atoms with E-state index >= 15 is 0 Å². The van der Waals surface area contributed by atoms with Gasteiger partial charge in [-0.05, 0) is 30.5 Å². The first-order valence-electron chi connectivity index (χ1n) is 9.69. The maximum Gasteiger partial charge on any atom is 0.120 e. The number of nitrogens with zero attached hydrogens (tertiary/aromatic N) is 3. The van der Waals surface area contributed by atoms with Gasteiger partial charge < -0.3 is 5.32 Å². The standard InChI is InChI=1S/C23H24N4O/c1-23(13-14-28)12-6-11-22(23)24-20-10-5-9-19(15-20)21-17-27(26-25-21)16-18-7-3-2-4-8-18/h2-5,7-10,13,15,17,22,24H,6,11-12,16H2,1H3. The van der Waals surface area contributed by atoms with Crippen LogP contribution in [0.25, 0.3) is 11.3 Å². The number of hydrogen-bond donors (Lipinski definition) is 1. The summed E-state index contributed by atoms with van der Waals surface area (Å²) in [5, 5.41) is 12.2. The zero-order valence-electron chi connectivity index (χ0n) is 16.0. The molecule has 28 heavy (non-hydrogen) atoms. The normalized spacial score (nSPS) is 21.2. The van der Waals surface area contributed by atoms with Gasteiger partial charge in [0.05, 0.1) is 12.7 Å². The number of benzene rings is 2. The minimum atomic E-state index is -0.142. The molecule has 1 saturated carbocycles. The third kappa shape index (κ3) is 3.90. The van der Waals surface area contributed by atoms with Crippen molar-refractivity contribution in [1.82, 2.24) is 15.0 Å². The highest BCUT2D eigenvalue weighted by Crippen LogP contribution is 2.40. The van der Waals surface area contributed by atoms with Crippen LogP contribution in [0.2, 0.25) is 0 Å². The summed E-state index contributed by atoms with van der Waals surface area (Å²) in [6.07, 6.45) is 6.82. The van der Waals surface area contributed by atoms with Crippen LogP contribution in [0.1, 0.15) is 31.7 Å². The summed E-state index contributed by atoms with van der Waals surface area (Å²) in [6, 6.07) is 18.7. The largest absolute Gasteiger partial charge is 0.381 e. The van der Waals surface area contributed by atoms with Crippen molar-refractivity contribution in [3.8, 4) is 11.3 Å². The third-order valence-electron chi connectivity index (χ3n) is 5.62. The van der Waals surface area contributed by atoms with Crippen LogP contribution in [-0.2, 0) is 11.3 Å². The van der Waals surface area contributed by atoms with Gasteiger partial charge in [0.25, 0.3) is 0 Å². The predicted molar refractivity (Wildman–Crippen MR) is 111 cm³/mol. The Morgan fingerprint density at radius 1 is 1.25 bits per heavy atom. The molecule has 1 N–H and O–H groups in total. The Labute approximate surface area is 165 Å². The van der Waals surface area contributed by atoms with Crippen LogP contribution in [0.5, 0.6) is 0 Å². The smallest absolute Gasteiger partial charge is 0.120 e. The van der Waals surface area contributed by atoms with Crippen LogP contribution in [-0.4, -0.2) is 27.0 Å². The molecule has 5 heteroatoms. The lowest BCUT2D eigenvalue weighted by Gasteiger charge is -2.28. The molecule has 0 bridgehead atoms. The van der Waals surface area contributed by atoms with Crippen molar-refractivity contribution in [3.05, 3.63) is 72.4 Å².